The third-order valence-corrected chi connectivity index (χ3v) is 6.20. The summed E-state index contributed by atoms with van der Waals surface area (Å²) in [6.45, 7) is 3.69. The fourth-order valence-electron chi connectivity index (χ4n) is 2.93. The van der Waals surface area contributed by atoms with Gasteiger partial charge < -0.3 is 10.1 Å². The number of carbonyl (C=O) groups excluding carboxylic acids is 2. The first-order chi connectivity index (χ1) is 14.0. The van der Waals surface area contributed by atoms with Gasteiger partial charge in [-0.1, -0.05) is 23.7 Å². The summed E-state index contributed by atoms with van der Waals surface area (Å²) in [6, 6.07) is 9.95. The number of aryl methyl sites for hydroxylation is 1. The van der Waals surface area contributed by atoms with Crippen LogP contribution in [0.4, 0.5) is 11.4 Å². The van der Waals surface area contributed by atoms with Gasteiger partial charge in [-0.3, -0.25) is 9.10 Å². The van der Waals surface area contributed by atoms with Crippen LogP contribution in [-0.4, -0.2) is 40.2 Å². The minimum Gasteiger partial charge on any atom is -0.465 e. The Morgan fingerprint density at radius 3 is 2.50 bits per heavy atom. The van der Waals surface area contributed by atoms with E-state index in [1.807, 2.05) is 6.92 Å². The van der Waals surface area contributed by atoms with Crippen molar-refractivity contribution >= 4 is 44.9 Å². The van der Waals surface area contributed by atoms with E-state index in [0.717, 1.165) is 11.8 Å². The van der Waals surface area contributed by atoms with E-state index in [1.54, 1.807) is 43.3 Å². The molecule has 1 N–H and O–H groups in total. The van der Waals surface area contributed by atoms with Gasteiger partial charge >= 0.3 is 5.97 Å². The van der Waals surface area contributed by atoms with Crippen LogP contribution in [0.25, 0.3) is 0 Å². The highest BCUT2D eigenvalue weighted by Crippen LogP contribution is 2.28. The van der Waals surface area contributed by atoms with E-state index in [-0.39, 0.29) is 18.9 Å². The van der Waals surface area contributed by atoms with Crippen LogP contribution in [0.5, 0.6) is 0 Å². The summed E-state index contributed by atoms with van der Waals surface area (Å²) < 4.78 is 30.5. The van der Waals surface area contributed by atoms with E-state index in [9.17, 15) is 18.0 Å². The van der Waals surface area contributed by atoms with Crippen LogP contribution in [0.3, 0.4) is 0 Å². The topological polar surface area (TPSA) is 92.8 Å². The smallest absolute Gasteiger partial charge is 0.337 e. The largest absolute Gasteiger partial charge is 0.465 e. The quantitative estimate of drug-likeness (QED) is 0.612. The number of nitrogens with zero attached hydrogens (tertiary/aromatic N) is 1. The summed E-state index contributed by atoms with van der Waals surface area (Å²) >= 11 is 6.12. The fraction of sp³-hybridized carbons (Fsp3) is 0.333. The zero-order valence-corrected chi connectivity index (χ0v) is 18.9. The maximum absolute atomic E-state index is 12.4. The molecule has 9 heteroatoms. The second kappa shape index (κ2) is 9.95. The number of hydrogen-bond donors (Lipinski definition) is 1. The van der Waals surface area contributed by atoms with Crippen molar-refractivity contribution in [2.75, 3.05) is 29.5 Å². The molecule has 0 radical (unpaired) electrons. The van der Waals surface area contributed by atoms with Crippen molar-refractivity contribution in [1.82, 2.24) is 0 Å². The van der Waals surface area contributed by atoms with Crippen molar-refractivity contribution in [3.8, 4) is 0 Å². The predicted molar refractivity (Wildman–Crippen MR) is 119 cm³/mol. The minimum atomic E-state index is -3.55. The van der Waals surface area contributed by atoms with Gasteiger partial charge in [0.05, 0.1) is 24.6 Å². The average Bonchev–Trinajstić information content (AvgIpc) is 2.68. The normalized spacial score (nSPS) is 11.1. The van der Waals surface area contributed by atoms with Crippen LogP contribution in [0.1, 0.15) is 34.3 Å². The number of amides is 1. The molecular weight excluding hydrogens is 428 g/mol. The predicted octanol–water partition coefficient (Wildman–Crippen LogP) is 3.93. The number of methoxy groups -OCH3 is 1. The lowest BCUT2D eigenvalue weighted by molar-refractivity contribution is -0.116. The van der Waals surface area contributed by atoms with Gasteiger partial charge in [0.2, 0.25) is 15.9 Å². The zero-order chi connectivity index (χ0) is 22.5. The summed E-state index contributed by atoms with van der Waals surface area (Å²) in [5, 5.41) is 3.24. The second-order valence-corrected chi connectivity index (χ2v) is 9.21. The number of ether oxygens (including phenoxy) is 1. The van der Waals surface area contributed by atoms with Crippen LogP contribution >= 0.6 is 11.6 Å². The zero-order valence-electron chi connectivity index (χ0n) is 17.4. The van der Waals surface area contributed by atoms with Crippen LogP contribution in [0.2, 0.25) is 5.02 Å². The van der Waals surface area contributed by atoms with Gasteiger partial charge in [0.25, 0.3) is 0 Å². The fourth-order valence-corrected chi connectivity index (χ4v) is 4.11. The Morgan fingerprint density at radius 2 is 1.87 bits per heavy atom. The molecule has 0 aliphatic rings. The minimum absolute atomic E-state index is 0.105. The van der Waals surface area contributed by atoms with Crippen LogP contribution in [0, 0.1) is 13.8 Å². The first-order valence-electron chi connectivity index (χ1n) is 9.26. The summed E-state index contributed by atoms with van der Waals surface area (Å²) in [6.07, 6.45) is 1.53. The molecule has 7 nitrogen and oxygen atoms in total. The molecule has 162 valence electrons. The summed E-state index contributed by atoms with van der Waals surface area (Å²) in [5.41, 5.74) is 2.78. The van der Waals surface area contributed by atoms with Crippen LogP contribution in [-0.2, 0) is 19.6 Å². The molecule has 0 unspecified atom stereocenters. The standard InChI is InChI=1S/C21H25ClN2O5S/c1-14-10-11-16(21(26)29-3)13-18(14)23-20(25)9-6-12-24(30(4,27)28)19-8-5-7-17(22)15(19)2/h5,7-8,10-11,13H,6,9,12H2,1-4H3,(H,23,25). The van der Waals surface area contributed by atoms with Gasteiger partial charge in [-0.15, -0.1) is 0 Å². The third-order valence-electron chi connectivity index (χ3n) is 4.61. The molecule has 0 saturated carbocycles. The first-order valence-corrected chi connectivity index (χ1v) is 11.5. The van der Waals surface area contributed by atoms with Crippen LogP contribution < -0.4 is 9.62 Å². The monoisotopic (exact) mass is 452 g/mol. The Hall–Kier alpha value is -2.58. The Kier molecular flexibility index (Phi) is 7.86. The van der Waals surface area contributed by atoms with Crippen molar-refractivity contribution in [1.29, 1.82) is 0 Å². The van der Waals surface area contributed by atoms with E-state index in [4.69, 9.17) is 16.3 Å². The van der Waals surface area contributed by atoms with Crippen molar-refractivity contribution < 1.29 is 22.7 Å². The highest BCUT2D eigenvalue weighted by atomic mass is 35.5. The number of hydrogen-bond acceptors (Lipinski definition) is 5. The Morgan fingerprint density at radius 1 is 1.17 bits per heavy atom. The molecule has 0 aliphatic carbocycles. The van der Waals surface area contributed by atoms with Crippen molar-refractivity contribution in [3.63, 3.8) is 0 Å². The molecule has 0 fully saturated rings. The van der Waals surface area contributed by atoms with E-state index < -0.39 is 16.0 Å². The molecule has 2 aromatic rings. The average molecular weight is 453 g/mol. The van der Waals surface area contributed by atoms with Crippen molar-refractivity contribution in [3.05, 3.63) is 58.1 Å². The third kappa shape index (κ3) is 5.96. The molecule has 0 spiro atoms. The molecule has 30 heavy (non-hydrogen) atoms. The number of carbonyl (C=O) groups is 2. The van der Waals surface area contributed by atoms with Gasteiger partial charge in [-0.2, -0.15) is 0 Å². The lowest BCUT2D eigenvalue weighted by Gasteiger charge is -2.24. The SMILES string of the molecule is COC(=O)c1ccc(C)c(NC(=O)CCCN(c2cccc(Cl)c2C)S(C)(=O)=O)c1. The Bertz CT molecular complexity index is 1050. The molecule has 0 aromatic heterocycles. The summed E-state index contributed by atoms with van der Waals surface area (Å²) in [4.78, 5) is 24.1. The molecule has 1 amide bonds. The second-order valence-electron chi connectivity index (χ2n) is 6.89. The molecular formula is C21H25ClN2O5S. The number of sulfonamides is 1. The highest BCUT2D eigenvalue weighted by molar-refractivity contribution is 7.92. The summed E-state index contributed by atoms with van der Waals surface area (Å²) in [5.74, 6) is -0.775. The molecule has 0 saturated heterocycles. The lowest BCUT2D eigenvalue weighted by Crippen LogP contribution is -2.32. The van der Waals surface area contributed by atoms with Crippen molar-refractivity contribution in [2.45, 2.75) is 26.7 Å². The van der Waals surface area contributed by atoms with Gasteiger partial charge in [-0.25, -0.2) is 13.2 Å². The Labute approximate surface area is 182 Å². The number of rotatable bonds is 8. The molecule has 0 aliphatic heterocycles. The Balaban J connectivity index is 2.07. The molecule has 0 heterocycles. The van der Waals surface area contributed by atoms with E-state index in [2.05, 4.69) is 5.32 Å². The lowest BCUT2D eigenvalue weighted by atomic mass is 10.1. The maximum Gasteiger partial charge on any atom is 0.337 e. The first kappa shape index (κ1) is 23.7. The van der Waals surface area contributed by atoms with Gasteiger partial charge in [-0.05, 0) is 55.7 Å². The van der Waals surface area contributed by atoms with E-state index >= 15 is 0 Å². The van der Waals surface area contributed by atoms with Crippen molar-refractivity contribution in [2.24, 2.45) is 0 Å². The molecule has 2 aromatic carbocycles. The van der Waals surface area contributed by atoms with E-state index in [0.29, 0.717) is 33.9 Å². The number of nitrogens with one attached hydrogen (secondary N) is 1. The number of esters is 1. The molecule has 2 rings (SSSR count). The highest BCUT2D eigenvalue weighted by Gasteiger charge is 2.20. The maximum atomic E-state index is 12.4. The van der Waals surface area contributed by atoms with Gasteiger partial charge in [0, 0.05) is 23.7 Å². The van der Waals surface area contributed by atoms with E-state index in [1.165, 1.54) is 11.4 Å². The number of anilines is 2. The molecule has 0 atom stereocenters. The van der Waals surface area contributed by atoms with Crippen LogP contribution in [0.15, 0.2) is 36.4 Å². The summed E-state index contributed by atoms with van der Waals surface area (Å²) in [7, 11) is -2.26. The number of halogens is 1. The molecule has 0 bridgehead atoms. The number of benzene rings is 2. The van der Waals surface area contributed by atoms with Gasteiger partial charge in [0.1, 0.15) is 0 Å². The van der Waals surface area contributed by atoms with Gasteiger partial charge in [0.15, 0.2) is 0 Å².